The normalized spacial score (nSPS) is 12.5. The maximum absolute atomic E-state index is 6.29. The fraction of sp³-hybridized carbons (Fsp3) is 0.286. The first kappa shape index (κ1) is 12.1. The average Bonchev–Trinajstić information content (AvgIpc) is 2.76. The molecule has 3 heteroatoms. The van der Waals surface area contributed by atoms with Crippen molar-refractivity contribution >= 4 is 11.3 Å². The van der Waals surface area contributed by atoms with E-state index in [9.17, 15) is 0 Å². The van der Waals surface area contributed by atoms with Crippen LogP contribution in [0.25, 0.3) is 0 Å². The first-order valence-electron chi connectivity index (χ1n) is 5.57. The van der Waals surface area contributed by atoms with E-state index in [1.165, 1.54) is 16.7 Å². The van der Waals surface area contributed by atoms with Gasteiger partial charge in [-0.1, -0.05) is 23.8 Å². The minimum Gasteiger partial charge on any atom is -0.496 e. The molecule has 0 spiro atoms. The van der Waals surface area contributed by atoms with E-state index in [0.717, 1.165) is 10.6 Å². The van der Waals surface area contributed by atoms with Gasteiger partial charge in [0, 0.05) is 10.3 Å². The van der Waals surface area contributed by atoms with E-state index in [1.54, 1.807) is 18.4 Å². The van der Waals surface area contributed by atoms with E-state index in [-0.39, 0.29) is 6.04 Å². The summed E-state index contributed by atoms with van der Waals surface area (Å²) in [6, 6.07) is 8.33. The maximum atomic E-state index is 6.29. The van der Waals surface area contributed by atoms with E-state index in [0.29, 0.717) is 0 Å². The van der Waals surface area contributed by atoms with Crippen LogP contribution in [-0.4, -0.2) is 7.11 Å². The highest BCUT2D eigenvalue weighted by molar-refractivity contribution is 7.10. The second-order valence-electron chi connectivity index (χ2n) is 4.23. The van der Waals surface area contributed by atoms with Crippen LogP contribution in [0.3, 0.4) is 0 Å². The summed E-state index contributed by atoms with van der Waals surface area (Å²) in [7, 11) is 1.68. The summed E-state index contributed by atoms with van der Waals surface area (Å²) >= 11 is 1.64. The smallest absolute Gasteiger partial charge is 0.129 e. The first-order valence-corrected chi connectivity index (χ1v) is 6.45. The van der Waals surface area contributed by atoms with E-state index < -0.39 is 0 Å². The van der Waals surface area contributed by atoms with Crippen molar-refractivity contribution in [2.75, 3.05) is 7.11 Å². The Labute approximate surface area is 106 Å². The molecule has 0 aliphatic heterocycles. The minimum atomic E-state index is -0.0653. The topological polar surface area (TPSA) is 35.2 Å². The second kappa shape index (κ2) is 4.90. The summed E-state index contributed by atoms with van der Waals surface area (Å²) in [6.07, 6.45) is 0. The molecule has 0 aliphatic carbocycles. The standard InChI is InChI=1S/C14H17NOS/c1-9-4-5-12(10(2)6-9)14(15)13-7-11(16-3)8-17-13/h4-8,14H,15H2,1-3H3. The van der Waals surface area contributed by atoms with Gasteiger partial charge in [-0.2, -0.15) is 0 Å². The third kappa shape index (κ3) is 2.51. The Bertz CT molecular complexity index is 519. The van der Waals surface area contributed by atoms with Gasteiger partial charge in [0.1, 0.15) is 5.75 Å². The van der Waals surface area contributed by atoms with Crippen LogP contribution < -0.4 is 10.5 Å². The van der Waals surface area contributed by atoms with Crippen molar-refractivity contribution in [1.29, 1.82) is 0 Å². The predicted molar refractivity (Wildman–Crippen MR) is 72.8 cm³/mol. The molecule has 1 heterocycles. The van der Waals surface area contributed by atoms with Crippen molar-refractivity contribution in [3.05, 3.63) is 51.2 Å². The molecule has 0 radical (unpaired) electrons. The van der Waals surface area contributed by atoms with E-state index in [1.807, 2.05) is 11.4 Å². The molecule has 0 aliphatic rings. The fourth-order valence-corrected chi connectivity index (χ4v) is 2.81. The lowest BCUT2D eigenvalue weighted by Gasteiger charge is -2.13. The van der Waals surface area contributed by atoms with Crippen molar-refractivity contribution in [3.8, 4) is 5.75 Å². The number of rotatable bonds is 3. The van der Waals surface area contributed by atoms with Crippen molar-refractivity contribution in [3.63, 3.8) is 0 Å². The fourth-order valence-electron chi connectivity index (χ4n) is 1.93. The first-order chi connectivity index (χ1) is 8.11. The van der Waals surface area contributed by atoms with Gasteiger partial charge in [-0.05, 0) is 31.0 Å². The van der Waals surface area contributed by atoms with Crippen molar-refractivity contribution in [2.24, 2.45) is 5.73 Å². The quantitative estimate of drug-likeness (QED) is 0.902. The van der Waals surface area contributed by atoms with Crippen molar-refractivity contribution in [2.45, 2.75) is 19.9 Å². The molecular weight excluding hydrogens is 230 g/mol. The summed E-state index contributed by atoms with van der Waals surface area (Å²) in [4.78, 5) is 1.13. The molecule has 0 fully saturated rings. The molecule has 2 nitrogen and oxygen atoms in total. The van der Waals surface area contributed by atoms with Gasteiger partial charge < -0.3 is 10.5 Å². The predicted octanol–water partition coefficient (Wildman–Crippen LogP) is 3.42. The number of nitrogens with two attached hydrogens (primary N) is 1. The SMILES string of the molecule is COc1csc(C(N)c2ccc(C)cc2C)c1. The van der Waals surface area contributed by atoms with Gasteiger partial charge in [-0.3, -0.25) is 0 Å². The molecule has 1 atom stereocenters. The van der Waals surface area contributed by atoms with Gasteiger partial charge in [0.25, 0.3) is 0 Å². The monoisotopic (exact) mass is 247 g/mol. The number of thiophene rings is 1. The molecule has 0 bridgehead atoms. The average molecular weight is 247 g/mol. The molecule has 0 saturated carbocycles. The zero-order chi connectivity index (χ0) is 12.4. The zero-order valence-corrected chi connectivity index (χ0v) is 11.2. The van der Waals surface area contributed by atoms with Crippen LogP contribution in [0.1, 0.15) is 27.6 Å². The van der Waals surface area contributed by atoms with E-state index >= 15 is 0 Å². The lowest BCUT2D eigenvalue weighted by Crippen LogP contribution is -2.11. The molecule has 0 saturated heterocycles. The van der Waals surface area contributed by atoms with Crippen LogP contribution in [0.4, 0.5) is 0 Å². The zero-order valence-electron chi connectivity index (χ0n) is 10.4. The number of ether oxygens (including phenoxy) is 1. The molecule has 2 aromatic rings. The molecule has 0 amide bonds. The number of methoxy groups -OCH3 is 1. The van der Waals surface area contributed by atoms with Gasteiger partial charge in [0.2, 0.25) is 0 Å². The Balaban J connectivity index is 2.33. The third-order valence-electron chi connectivity index (χ3n) is 2.90. The van der Waals surface area contributed by atoms with Crippen LogP contribution in [0.5, 0.6) is 5.75 Å². The molecule has 1 unspecified atom stereocenters. The number of hydrogen-bond donors (Lipinski definition) is 1. The molecule has 17 heavy (non-hydrogen) atoms. The number of hydrogen-bond acceptors (Lipinski definition) is 3. The Morgan fingerprint density at radius 2 is 2.00 bits per heavy atom. The summed E-state index contributed by atoms with van der Waals surface area (Å²) in [5, 5.41) is 1.98. The second-order valence-corrected chi connectivity index (χ2v) is 5.17. The Morgan fingerprint density at radius 1 is 1.24 bits per heavy atom. The molecule has 90 valence electrons. The molecule has 1 aromatic carbocycles. The molecule has 2 N–H and O–H groups in total. The largest absolute Gasteiger partial charge is 0.496 e. The summed E-state index contributed by atoms with van der Waals surface area (Å²) in [5.41, 5.74) is 9.98. The number of aryl methyl sites for hydroxylation is 2. The lowest BCUT2D eigenvalue weighted by molar-refractivity contribution is 0.416. The summed E-state index contributed by atoms with van der Waals surface area (Å²) in [6.45, 7) is 4.20. The Morgan fingerprint density at radius 3 is 2.59 bits per heavy atom. The van der Waals surface area contributed by atoms with Crippen LogP contribution >= 0.6 is 11.3 Å². The van der Waals surface area contributed by atoms with Crippen LogP contribution in [0, 0.1) is 13.8 Å². The lowest BCUT2D eigenvalue weighted by atomic mass is 9.99. The van der Waals surface area contributed by atoms with Gasteiger partial charge in [0.05, 0.1) is 13.2 Å². The van der Waals surface area contributed by atoms with Crippen LogP contribution in [0.15, 0.2) is 29.6 Å². The van der Waals surface area contributed by atoms with Gasteiger partial charge in [-0.15, -0.1) is 11.3 Å². The molecular formula is C14H17NOS. The molecule has 1 aromatic heterocycles. The van der Waals surface area contributed by atoms with Crippen molar-refractivity contribution in [1.82, 2.24) is 0 Å². The minimum absolute atomic E-state index is 0.0653. The third-order valence-corrected chi connectivity index (χ3v) is 3.89. The Kier molecular flexibility index (Phi) is 3.50. The number of benzene rings is 1. The van der Waals surface area contributed by atoms with E-state index in [2.05, 4.69) is 32.0 Å². The molecule has 2 rings (SSSR count). The summed E-state index contributed by atoms with van der Waals surface area (Å²) < 4.78 is 5.19. The highest BCUT2D eigenvalue weighted by atomic mass is 32.1. The van der Waals surface area contributed by atoms with Gasteiger partial charge >= 0.3 is 0 Å². The van der Waals surface area contributed by atoms with Gasteiger partial charge in [0.15, 0.2) is 0 Å². The van der Waals surface area contributed by atoms with Gasteiger partial charge in [-0.25, -0.2) is 0 Å². The summed E-state index contributed by atoms with van der Waals surface area (Å²) in [5.74, 6) is 0.880. The van der Waals surface area contributed by atoms with E-state index in [4.69, 9.17) is 10.5 Å². The highest BCUT2D eigenvalue weighted by Gasteiger charge is 2.13. The maximum Gasteiger partial charge on any atom is 0.129 e. The van der Waals surface area contributed by atoms with Crippen LogP contribution in [-0.2, 0) is 0 Å². The highest BCUT2D eigenvalue weighted by Crippen LogP contribution is 2.30. The van der Waals surface area contributed by atoms with Crippen molar-refractivity contribution < 1.29 is 4.74 Å². The van der Waals surface area contributed by atoms with Crippen LogP contribution in [0.2, 0.25) is 0 Å². The Hall–Kier alpha value is -1.32.